The predicted molar refractivity (Wildman–Crippen MR) is 102 cm³/mol. The fourth-order valence-corrected chi connectivity index (χ4v) is 2.55. The number of hydrogen-bond donors (Lipinski definition) is 4. The average Bonchev–Trinajstić information content (AvgIpc) is 3.08. The molecule has 8 heteroatoms. The standard InChI is InChI=1S/C19H18N4O4/c1-10(2)17-12(20-9-21-17)8-14-19(26)22-13(18(25)23-14)6-11-4-5-16(27-3)15(24)7-11/h4-9,24H,1H2,2-3H3,(H,20,21)(H,22,26)(H,23,25)/b13-6-,14-8-. The maximum Gasteiger partial charge on any atom is 0.272 e. The van der Waals surface area contributed by atoms with E-state index in [1.807, 2.05) is 0 Å². The van der Waals surface area contributed by atoms with Crippen LogP contribution in [-0.2, 0) is 0 Å². The molecule has 3 rings (SSSR count). The van der Waals surface area contributed by atoms with Gasteiger partial charge in [-0.3, -0.25) is 9.59 Å². The predicted octanol–water partition coefficient (Wildman–Crippen LogP) is 0.191. The zero-order valence-corrected chi connectivity index (χ0v) is 14.8. The van der Waals surface area contributed by atoms with Crippen LogP contribution >= 0.6 is 0 Å². The number of phenols is 1. The van der Waals surface area contributed by atoms with Gasteiger partial charge in [-0.1, -0.05) is 12.6 Å². The highest BCUT2D eigenvalue weighted by atomic mass is 16.5. The van der Waals surface area contributed by atoms with Crippen molar-refractivity contribution < 1.29 is 9.84 Å². The summed E-state index contributed by atoms with van der Waals surface area (Å²) in [7, 11) is 1.44. The van der Waals surface area contributed by atoms with Crippen molar-refractivity contribution in [2.75, 3.05) is 7.11 Å². The molecule has 0 atom stereocenters. The van der Waals surface area contributed by atoms with Gasteiger partial charge in [0.25, 0.3) is 11.1 Å². The molecule has 1 aromatic carbocycles. The number of aromatic hydroxyl groups is 1. The molecule has 0 unspecified atom stereocenters. The molecule has 3 aromatic rings. The SMILES string of the molecule is C=C(C)c1[nH]cnc1/C=c1\[nH]c(=O)/c(=C/c2ccc(OC)c(O)c2)[nH]c1=O. The second kappa shape index (κ2) is 7.20. The Morgan fingerprint density at radius 3 is 2.44 bits per heavy atom. The van der Waals surface area contributed by atoms with Crippen molar-refractivity contribution in [1.29, 1.82) is 0 Å². The highest BCUT2D eigenvalue weighted by Crippen LogP contribution is 2.26. The second-order valence-electron chi connectivity index (χ2n) is 5.90. The summed E-state index contributed by atoms with van der Waals surface area (Å²) < 4.78 is 4.98. The van der Waals surface area contributed by atoms with E-state index in [1.54, 1.807) is 19.1 Å². The van der Waals surface area contributed by atoms with E-state index in [9.17, 15) is 14.7 Å². The highest BCUT2D eigenvalue weighted by molar-refractivity contribution is 5.66. The van der Waals surface area contributed by atoms with E-state index in [4.69, 9.17) is 4.74 Å². The van der Waals surface area contributed by atoms with Crippen molar-refractivity contribution in [3.05, 3.63) is 79.5 Å². The molecule has 0 aliphatic heterocycles. The van der Waals surface area contributed by atoms with E-state index in [-0.39, 0.29) is 16.4 Å². The van der Waals surface area contributed by atoms with Gasteiger partial charge in [0.2, 0.25) is 0 Å². The Labute approximate surface area is 153 Å². The van der Waals surface area contributed by atoms with E-state index in [0.29, 0.717) is 22.7 Å². The first kappa shape index (κ1) is 18.0. The average molecular weight is 366 g/mol. The molecule has 27 heavy (non-hydrogen) atoms. The van der Waals surface area contributed by atoms with Gasteiger partial charge < -0.3 is 24.8 Å². The molecular formula is C19H18N4O4. The van der Waals surface area contributed by atoms with E-state index in [2.05, 4.69) is 26.5 Å². The molecule has 0 spiro atoms. The quantitative estimate of drug-likeness (QED) is 0.525. The third-order valence-corrected chi connectivity index (χ3v) is 3.88. The number of benzene rings is 1. The number of H-pyrrole nitrogens is 3. The number of hydrogen-bond acceptors (Lipinski definition) is 5. The molecule has 0 saturated carbocycles. The zero-order valence-electron chi connectivity index (χ0n) is 14.8. The van der Waals surface area contributed by atoms with Crippen molar-refractivity contribution in [1.82, 2.24) is 19.9 Å². The summed E-state index contributed by atoms with van der Waals surface area (Å²) in [6.07, 6.45) is 4.42. The Balaban J connectivity index is 2.11. The Hall–Kier alpha value is -3.81. The van der Waals surface area contributed by atoms with Crippen LogP contribution in [0, 0.1) is 0 Å². The topological polar surface area (TPSA) is 124 Å². The number of nitrogens with zero attached hydrogens (tertiary/aromatic N) is 1. The van der Waals surface area contributed by atoms with Crippen LogP contribution in [0.4, 0.5) is 0 Å². The number of nitrogens with one attached hydrogen (secondary N) is 3. The van der Waals surface area contributed by atoms with Crippen LogP contribution in [0.2, 0.25) is 0 Å². The minimum atomic E-state index is -0.483. The summed E-state index contributed by atoms with van der Waals surface area (Å²) in [5.74, 6) is 0.243. The maximum absolute atomic E-state index is 12.4. The number of methoxy groups -OCH3 is 1. The second-order valence-corrected chi connectivity index (χ2v) is 5.90. The van der Waals surface area contributed by atoms with Crippen LogP contribution in [-0.4, -0.2) is 32.2 Å². The lowest BCUT2D eigenvalue weighted by Crippen LogP contribution is -2.46. The molecule has 0 saturated heterocycles. The van der Waals surface area contributed by atoms with Crippen molar-refractivity contribution >= 4 is 17.7 Å². The van der Waals surface area contributed by atoms with Gasteiger partial charge in [0.1, 0.15) is 10.7 Å². The first-order valence-electron chi connectivity index (χ1n) is 8.01. The Morgan fingerprint density at radius 2 is 1.85 bits per heavy atom. The molecule has 0 aliphatic carbocycles. The normalized spacial score (nSPS) is 12.4. The van der Waals surface area contributed by atoms with Crippen LogP contribution in [0.15, 0.2) is 40.7 Å². The van der Waals surface area contributed by atoms with Gasteiger partial charge in [0.15, 0.2) is 11.5 Å². The number of allylic oxidation sites excluding steroid dienone is 1. The van der Waals surface area contributed by atoms with Crippen molar-refractivity contribution in [2.45, 2.75) is 6.92 Å². The number of rotatable bonds is 4. The van der Waals surface area contributed by atoms with Gasteiger partial charge in [0.05, 0.1) is 24.8 Å². The number of aromatic amines is 3. The molecule has 138 valence electrons. The number of phenolic OH excluding ortho intramolecular Hbond substituents is 1. The third kappa shape index (κ3) is 3.74. The molecule has 2 aromatic heterocycles. The maximum atomic E-state index is 12.4. The fraction of sp³-hybridized carbons (Fsp3) is 0.105. The summed E-state index contributed by atoms with van der Waals surface area (Å²) in [5.41, 5.74) is 1.50. The van der Waals surface area contributed by atoms with E-state index in [1.165, 1.54) is 31.7 Å². The van der Waals surface area contributed by atoms with Crippen LogP contribution in [0.3, 0.4) is 0 Å². The minimum Gasteiger partial charge on any atom is -0.504 e. The van der Waals surface area contributed by atoms with Gasteiger partial charge in [0, 0.05) is 0 Å². The van der Waals surface area contributed by atoms with Gasteiger partial charge in [-0.2, -0.15) is 0 Å². The largest absolute Gasteiger partial charge is 0.504 e. The highest BCUT2D eigenvalue weighted by Gasteiger charge is 2.05. The van der Waals surface area contributed by atoms with E-state index < -0.39 is 11.1 Å². The summed E-state index contributed by atoms with van der Waals surface area (Å²) in [4.78, 5) is 36.8. The smallest absolute Gasteiger partial charge is 0.272 e. The number of aromatic nitrogens is 4. The Morgan fingerprint density at radius 1 is 1.19 bits per heavy atom. The first-order valence-corrected chi connectivity index (χ1v) is 8.01. The zero-order chi connectivity index (χ0) is 19.6. The van der Waals surface area contributed by atoms with Crippen molar-refractivity contribution in [2.24, 2.45) is 0 Å². The Bertz CT molecular complexity index is 1250. The first-order chi connectivity index (χ1) is 12.9. The molecule has 2 heterocycles. The summed E-state index contributed by atoms with van der Waals surface area (Å²) in [6, 6.07) is 4.64. The third-order valence-electron chi connectivity index (χ3n) is 3.88. The summed E-state index contributed by atoms with van der Waals surface area (Å²) in [5, 5.41) is 9.96. The van der Waals surface area contributed by atoms with Crippen LogP contribution < -0.4 is 26.6 Å². The molecule has 0 fully saturated rings. The van der Waals surface area contributed by atoms with Crippen LogP contribution in [0.5, 0.6) is 11.5 Å². The molecule has 8 nitrogen and oxygen atoms in total. The summed E-state index contributed by atoms with van der Waals surface area (Å²) in [6.45, 7) is 5.64. The van der Waals surface area contributed by atoms with Gasteiger partial charge in [-0.05, 0) is 42.3 Å². The lowest BCUT2D eigenvalue weighted by molar-refractivity contribution is 0.373. The molecule has 0 bridgehead atoms. The lowest BCUT2D eigenvalue weighted by Gasteiger charge is -2.03. The molecule has 4 N–H and O–H groups in total. The minimum absolute atomic E-state index is 0.0591. The molecule has 0 amide bonds. The van der Waals surface area contributed by atoms with E-state index in [0.717, 1.165) is 5.57 Å². The van der Waals surface area contributed by atoms with Crippen LogP contribution in [0.25, 0.3) is 17.7 Å². The van der Waals surface area contributed by atoms with E-state index >= 15 is 0 Å². The molecular weight excluding hydrogens is 348 g/mol. The molecule has 0 radical (unpaired) electrons. The van der Waals surface area contributed by atoms with Crippen LogP contribution in [0.1, 0.15) is 23.9 Å². The summed E-state index contributed by atoms with van der Waals surface area (Å²) >= 11 is 0. The van der Waals surface area contributed by atoms with Crippen molar-refractivity contribution in [3.8, 4) is 11.5 Å². The van der Waals surface area contributed by atoms with Crippen molar-refractivity contribution in [3.63, 3.8) is 0 Å². The number of ether oxygens (including phenoxy) is 1. The van der Waals surface area contributed by atoms with Gasteiger partial charge >= 0.3 is 0 Å². The fourth-order valence-electron chi connectivity index (χ4n) is 2.55. The Kier molecular flexibility index (Phi) is 4.80. The monoisotopic (exact) mass is 366 g/mol. The molecule has 0 aliphatic rings. The lowest BCUT2D eigenvalue weighted by atomic mass is 10.2. The van der Waals surface area contributed by atoms with Gasteiger partial charge in [-0.15, -0.1) is 0 Å². The number of imidazole rings is 1. The van der Waals surface area contributed by atoms with Gasteiger partial charge in [-0.25, -0.2) is 4.98 Å².